The molecular formula is C25H33N3O7S. The largest absolute Gasteiger partial charge is 0.497 e. The molecule has 1 fully saturated rings. The number of aliphatic hydroxyl groups is 1. The smallest absolute Gasteiger partial charge is 0.261 e. The van der Waals surface area contributed by atoms with Gasteiger partial charge in [0.15, 0.2) is 0 Å². The number of aryl methyl sites for hydroxylation is 1. The van der Waals surface area contributed by atoms with E-state index in [0.717, 1.165) is 9.87 Å². The van der Waals surface area contributed by atoms with Crippen molar-refractivity contribution in [1.29, 1.82) is 0 Å². The molecule has 0 unspecified atom stereocenters. The first-order valence-corrected chi connectivity index (χ1v) is 13.3. The Morgan fingerprint density at radius 1 is 1.17 bits per heavy atom. The average molecular weight is 520 g/mol. The Bertz CT molecular complexity index is 1130. The molecule has 0 saturated carbocycles. The quantitative estimate of drug-likeness (QED) is 0.303. The van der Waals surface area contributed by atoms with Gasteiger partial charge in [0, 0.05) is 19.1 Å². The highest BCUT2D eigenvalue weighted by molar-refractivity contribution is 7.89. The minimum atomic E-state index is -4.14. The van der Waals surface area contributed by atoms with E-state index in [9.17, 15) is 28.3 Å². The number of benzene rings is 2. The van der Waals surface area contributed by atoms with Crippen LogP contribution in [0, 0.1) is 0 Å². The molecule has 2 aromatic carbocycles. The minimum Gasteiger partial charge on any atom is -0.497 e. The van der Waals surface area contributed by atoms with Crippen LogP contribution < -0.4 is 10.2 Å². The molecule has 3 rings (SSSR count). The number of aliphatic hydroxyl groups excluding tert-OH is 1. The number of carbonyl (C=O) groups is 2. The summed E-state index contributed by atoms with van der Waals surface area (Å²) >= 11 is 0. The van der Waals surface area contributed by atoms with Gasteiger partial charge in [0.1, 0.15) is 17.9 Å². The Hall–Kier alpha value is -2.99. The number of hydrogen-bond acceptors (Lipinski definition) is 7. The standard InChI is InChI=1S/C25H33N3O7S/c1-3-15-27(25(31)23(29)14-9-18-7-5-4-6-8-18)19-16-22(24(30)26-32)28(17-19)36(33,34)21-12-10-20(35-2)11-13-21/h4-8,10-13,19,22-23,29,32H,3,9,14-17H2,1-2H3,(H,26,30)/t19-,22+,23-/m0/s1. The van der Waals surface area contributed by atoms with Crippen LogP contribution in [0.5, 0.6) is 5.75 Å². The van der Waals surface area contributed by atoms with E-state index in [1.807, 2.05) is 37.3 Å². The number of rotatable bonds is 11. The lowest BCUT2D eigenvalue weighted by Gasteiger charge is -2.30. The number of ether oxygens (including phenoxy) is 1. The Kier molecular flexibility index (Phi) is 9.43. The van der Waals surface area contributed by atoms with Crippen LogP contribution in [0.1, 0.15) is 31.7 Å². The zero-order valence-corrected chi connectivity index (χ0v) is 21.2. The highest BCUT2D eigenvalue weighted by atomic mass is 32.2. The van der Waals surface area contributed by atoms with Crippen LogP contribution in [0.3, 0.4) is 0 Å². The van der Waals surface area contributed by atoms with Gasteiger partial charge in [-0.3, -0.25) is 14.8 Å². The Labute approximate surface area is 211 Å². The molecule has 36 heavy (non-hydrogen) atoms. The van der Waals surface area contributed by atoms with E-state index in [4.69, 9.17) is 4.74 Å². The van der Waals surface area contributed by atoms with E-state index in [1.165, 1.54) is 36.3 Å². The van der Waals surface area contributed by atoms with E-state index in [-0.39, 0.29) is 30.8 Å². The number of hydrogen-bond donors (Lipinski definition) is 3. The van der Waals surface area contributed by atoms with Gasteiger partial charge in [0.25, 0.3) is 11.8 Å². The van der Waals surface area contributed by atoms with E-state index in [1.54, 1.807) is 5.48 Å². The average Bonchev–Trinajstić information content (AvgIpc) is 3.36. The van der Waals surface area contributed by atoms with Crippen LogP contribution in [0.2, 0.25) is 0 Å². The summed E-state index contributed by atoms with van der Waals surface area (Å²) in [5.74, 6) is -0.921. The van der Waals surface area contributed by atoms with Crippen LogP contribution >= 0.6 is 0 Å². The van der Waals surface area contributed by atoms with Gasteiger partial charge in [-0.1, -0.05) is 37.3 Å². The highest BCUT2D eigenvalue weighted by Gasteiger charge is 2.47. The number of nitrogens with zero attached hydrogens (tertiary/aromatic N) is 2. The van der Waals surface area contributed by atoms with Gasteiger partial charge >= 0.3 is 0 Å². The molecule has 10 nitrogen and oxygen atoms in total. The van der Waals surface area contributed by atoms with Crippen molar-refractivity contribution in [3.8, 4) is 5.75 Å². The van der Waals surface area contributed by atoms with E-state index < -0.39 is 40.0 Å². The Morgan fingerprint density at radius 2 is 1.83 bits per heavy atom. The van der Waals surface area contributed by atoms with Crippen LogP contribution in [0.4, 0.5) is 0 Å². The van der Waals surface area contributed by atoms with E-state index >= 15 is 0 Å². The first-order valence-electron chi connectivity index (χ1n) is 11.8. The fourth-order valence-corrected chi connectivity index (χ4v) is 6.08. The third kappa shape index (κ3) is 6.22. The van der Waals surface area contributed by atoms with Crippen molar-refractivity contribution in [1.82, 2.24) is 14.7 Å². The Balaban J connectivity index is 1.82. The van der Waals surface area contributed by atoms with Gasteiger partial charge in [0.05, 0.1) is 12.0 Å². The predicted molar refractivity (Wildman–Crippen MR) is 132 cm³/mol. The molecule has 11 heteroatoms. The van der Waals surface area contributed by atoms with Crippen molar-refractivity contribution in [2.75, 3.05) is 20.2 Å². The first-order chi connectivity index (χ1) is 17.2. The number of methoxy groups -OCH3 is 1. The number of carbonyl (C=O) groups excluding carboxylic acids is 2. The molecule has 3 N–H and O–H groups in total. The zero-order valence-electron chi connectivity index (χ0n) is 20.4. The van der Waals surface area contributed by atoms with Crippen LogP contribution in [-0.4, -0.2) is 78.1 Å². The van der Waals surface area contributed by atoms with Gasteiger partial charge in [0.2, 0.25) is 10.0 Å². The second-order valence-corrected chi connectivity index (χ2v) is 10.6. The zero-order chi connectivity index (χ0) is 26.3. The van der Waals surface area contributed by atoms with E-state index in [0.29, 0.717) is 18.6 Å². The molecule has 0 radical (unpaired) electrons. The van der Waals surface area contributed by atoms with E-state index in [2.05, 4.69) is 0 Å². The van der Waals surface area contributed by atoms with Crippen molar-refractivity contribution in [3.05, 3.63) is 60.2 Å². The normalized spacial score (nSPS) is 19.0. The molecule has 1 saturated heterocycles. The van der Waals surface area contributed by atoms with Gasteiger partial charge < -0.3 is 14.7 Å². The van der Waals surface area contributed by atoms with Gasteiger partial charge in [-0.05, 0) is 55.5 Å². The third-order valence-electron chi connectivity index (χ3n) is 6.34. The fraction of sp³-hybridized carbons (Fsp3) is 0.440. The lowest BCUT2D eigenvalue weighted by molar-refractivity contribution is -0.143. The van der Waals surface area contributed by atoms with Crippen LogP contribution in [0.15, 0.2) is 59.5 Å². The van der Waals surface area contributed by atoms with Gasteiger partial charge in [-0.2, -0.15) is 4.31 Å². The van der Waals surface area contributed by atoms with Crippen LogP contribution in [0.25, 0.3) is 0 Å². The number of hydroxylamine groups is 1. The Morgan fingerprint density at radius 3 is 2.42 bits per heavy atom. The van der Waals surface area contributed by atoms with Crippen LogP contribution in [-0.2, 0) is 26.0 Å². The number of amides is 2. The summed E-state index contributed by atoms with van der Waals surface area (Å²) in [7, 11) is -2.67. The molecule has 2 aromatic rings. The van der Waals surface area contributed by atoms with Crippen molar-refractivity contribution in [2.45, 2.75) is 55.7 Å². The van der Waals surface area contributed by atoms with Gasteiger partial charge in [-0.25, -0.2) is 13.9 Å². The molecule has 1 aliphatic rings. The molecule has 0 aromatic heterocycles. The van der Waals surface area contributed by atoms with Crippen molar-refractivity contribution >= 4 is 21.8 Å². The fourth-order valence-electron chi connectivity index (χ4n) is 4.45. The summed E-state index contributed by atoms with van der Waals surface area (Å²) in [5.41, 5.74) is 2.53. The lowest BCUT2D eigenvalue weighted by atomic mass is 10.0. The highest BCUT2D eigenvalue weighted by Crippen LogP contribution is 2.30. The summed E-state index contributed by atoms with van der Waals surface area (Å²) < 4.78 is 32.9. The summed E-state index contributed by atoms with van der Waals surface area (Å²) in [5, 5.41) is 19.9. The molecule has 3 atom stereocenters. The molecule has 196 valence electrons. The summed E-state index contributed by atoms with van der Waals surface area (Å²) in [4.78, 5) is 27.1. The molecule has 0 spiro atoms. The SMILES string of the molecule is CCCN(C(=O)[C@@H](O)CCc1ccccc1)[C@H]1C[C@H](C(=O)NO)N(S(=O)(=O)c2ccc(OC)cc2)C1. The van der Waals surface area contributed by atoms with Gasteiger partial charge in [-0.15, -0.1) is 0 Å². The number of sulfonamides is 1. The second kappa shape index (κ2) is 12.3. The maximum absolute atomic E-state index is 13.4. The summed E-state index contributed by atoms with van der Waals surface area (Å²) in [6, 6.07) is 13.4. The summed E-state index contributed by atoms with van der Waals surface area (Å²) in [6.07, 6.45) is 0.0132. The topological polar surface area (TPSA) is 136 Å². The maximum Gasteiger partial charge on any atom is 0.261 e. The van der Waals surface area contributed by atoms with Crippen molar-refractivity contribution < 1.29 is 33.1 Å². The molecule has 0 bridgehead atoms. The second-order valence-electron chi connectivity index (χ2n) is 8.70. The molecular weight excluding hydrogens is 486 g/mol. The lowest BCUT2D eigenvalue weighted by Crippen LogP contribution is -2.47. The number of nitrogens with one attached hydrogen (secondary N) is 1. The maximum atomic E-state index is 13.4. The third-order valence-corrected chi connectivity index (χ3v) is 8.22. The summed E-state index contributed by atoms with van der Waals surface area (Å²) in [6.45, 7) is 2.01. The monoisotopic (exact) mass is 519 g/mol. The first kappa shape index (κ1) is 27.6. The molecule has 0 aliphatic carbocycles. The molecule has 2 amide bonds. The van der Waals surface area contributed by atoms with Crippen molar-refractivity contribution in [2.24, 2.45) is 0 Å². The molecule has 1 aliphatic heterocycles. The minimum absolute atomic E-state index is 0.0150. The molecule has 1 heterocycles. The van der Waals surface area contributed by atoms with Crippen molar-refractivity contribution in [3.63, 3.8) is 0 Å². The predicted octanol–water partition coefficient (Wildman–Crippen LogP) is 1.56.